The number of nitrogen functional groups attached to an aromatic ring is 1. The van der Waals surface area contributed by atoms with Gasteiger partial charge in [0.05, 0.1) is 6.20 Å². The zero-order chi connectivity index (χ0) is 13.2. The second kappa shape index (κ2) is 4.27. The number of hydrogen-bond donors (Lipinski definition) is 2. The molecule has 3 rings (SSSR count). The third-order valence-electron chi connectivity index (χ3n) is 2.45. The van der Waals surface area contributed by atoms with Gasteiger partial charge >= 0.3 is 6.01 Å². The largest absolute Gasteiger partial charge is 0.423 e. The van der Waals surface area contributed by atoms with Gasteiger partial charge in [-0.2, -0.15) is 15.2 Å². The van der Waals surface area contributed by atoms with Gasteiger partial charge in [0.2, 0.25) is 5.95 Å². The molecule has 19 heavy (non-hydrogen) atoms. The highest BCUT2D eigenvalue weighted by Gasteiger charge is 2.08. The minimum Gasteiger partial charge on any atom is -0.423 e. The Labute approximate surface area is 107 Å². The predicted octanol–water partition coefficient (Wildman–Crippen LogP) is 1.82. The van der Waals surface area contributed by atoms with Crippen molar-refractivity contribution in [1.29, 1.82) is 5.26 Å². The Balaban J connectivity index is 1.92. The molecule has 0 aliphatic heterocycles. The molecule has 0 aliphatic rings. The number of hydrogen-bond acceptors (Lipinski definition) is 7. The molecule has 7 heteroatoms. The van der Waals surface area contributed by atoms with Crippen molar-refractivity contribution in [3.05, 3.63) is 36.0 Å². The Bertz CT molecular complexity index is 755. The van der Waals surface area contributed by atoms with Gasteiger partial charge in [-0.05, 0) is 12.1 Å². The van der Waals surface area contributed by atoms with Crippen LogP contribution in [0.5, 0.6) is 0 Å². The van der Waals surface area contributed by atoms with Gasteiger partial charge in [0.25, 0.3) is 0 Å². The maximum Gasteiger partial charge on any atom is 0.302 e. The van der Waals surface area contributed by atoms with E-state index >= 15 is 0 Å². The van der Waals surface area contributed by atoms with Crippen LogP contribution in [-0.4, -0.2) is 15.0 Å². The van der Waals surface area contributed by atoms with E-state index in [1.165, 1.54) is 6.20 Å². The van der Waals surface area contributed by atoms with E-state index < -0.39 is 0 Å². The molecule has 92 valence electrons. The summed E-state index contributed by atoms with van der Waals surface area (Å²) in [5.74, 6) is 0.333. The van der Waals surface area contributed by atoms with Crippen molar-refractivity contribution in [3.63, 3.8) is 0 Å². The zero-order valence-corrected chi connectivity index (χ0v) is 9.66. The smallest absolute Gasteiger partial charge is 0.302 e. The highest BCUT2D eigenvalue weighted by molar-refractivity contribution is 5.74. The van der Waals surface area contributed by atoms with Crippen LogP contribution in [0.1, 0.15) is 5.56 Å². The number of oxazole rings is 1. The standard InChI is InChI=1S/C12H8N6O/c13-5-7-6-15-11(17-10(7)14)18-12-16-8-3-1-2-4-9(8)19-12/h1-4,6H,(H3,14,15,16,17,18). The first-order valence-corrected chi connectivity index (χ1v) is 5.41. The molecule has 7 nitrogen and oxygen atoms in total. The van der Waals surface area contributed by atoms with Gasteiger partial charge in [-0.15, -0.1) is 0 Å². The summed E-state index contributed by atoms with van der Waals surface area (Å²) in [6.07, 6.45) is 1.34. The van der Waals surface area contributed by atoms with Crippen molar-refractivity contribution in [2.75, 3.05) is 11.1 Å². The molecular formula is C12H8N6O. The van der Waals surface area contributed by atoms with Gasteiger partial charge in [-0.3, -0.25) is 5.32 Å². The van der Waals surface area contributed by atoms with E-state index in [9.17, 15) is 0 Å². The van der Waals surface area contributed by atoms with Crippen molar-refractivity contribution < 1.29 is 4.42 Å². The molecule has 0 radical (unpaired) electrons. The summed E-state index contributed by atoms with van der Waals surface area (Å²) in [6, 6.07) is 9.52. The van der Waals surface area contributed by atoms with E-state index in [-0.39, 0.29) is 23.3 Å². The van der Waals surface area contributed by atoms with Crippen LogP contribution in [0.15, 0.2) is 34.9 Å². The number of anilines is 3. The fourth-order valence-electron chi connectivity index (χ4n) is 1.56. The summed E-state index contributed by atoms with van der Waals surface area (Å²) >= 11 is 0. The van der Waals surface area contributed by atoms with Gasteiger partial charge < -0.3 is 10.2 Å². The molecule has 0 saturated carbocycles. The van der Waals surface area contributed by atoms with Crippen molar-refractivity contribution in [3.8, 4) is 6.07 Å². The molecule has 0 aliphatic carbocycles. The minimum atomic E-state index is 0.108. The molecule has 0 saturated heterocycles. The average Bonchev–Trinajstić information content (AvgIpc) is 2.81. The Morgan fingerprint density at radius 1 is 1.26 bits per heavy atom. The second-order valence-electron chi connectivity index (χ2n) is 3.72. The number of benzene rings is 1. The number of nitrogens with two attached hydrogens (primary N) is 1. The summed E-state index contributed by atoms with van der Waals surface area (Å²) in [7, 11) is 0. The van der Waals surface area contributed by atoms with E-state index in [0.717, 1.165) is 5.52 Å². The third kappa shape index (κ3) is 2.02. The molecule has 0 spiro atoms. The molecular weight excluding hydrogens is 244 g/mol. The molecule has 0 unspecified atom stereocenters. The fraction of sp³-hybridized carbons (Fsp3) is 0. The number of aromatic nitrogens is 3. The third-order valence-corrected chi connectivity index (χ3v) is 2.45. The zero-order valence-electron chi connectivity index (χ0n) is 9.66. The van der Waals surface area contributed by atoms with Crippen LogP contribution in [-0.2, 0) is 0 Å². The second-order valence-corrected chi connectivity index (χ2v) is 3.72. The molecule has 3 N–H and O–H groups in total. The molecule has 0 fully saturated rings. The normalized spacial score (nSPS) is 10.3. The molecule has 3 aromatic rings. The minimum absolute atomic E-state index is 0.108. The highest BCUT2D eigenvalue weighted by Crippen LogP contribution is 2.20. The van der Waals surface area contributed by atoms with Crippen molar-refractivity contribution >= 4 is 28.9 Å². The first kappa shape index (κ1) is 11.0. The van der Waals surface area contributed by atoms with Crippen LogP contribution in [0.25, 0.3) is 11.1 Å². The topological polar surface area (TPSA) is 114 Å². The summed E-state index contributed by atoms with van der Waals surface area (Å²) in [6.45, 7) is 0. The lowest BCUT2D eigenvalue weighted by Gasteiger charge is -2.01. The van der Waals surface area contributed by atoms with Crippen LogP contribution in [0.2, 0.25) is 0 Å². The molecule has 0 amide bonds. The van der Waals surface area contributed by atoms with Crippen LogP contribution < -0.4 is 11.1 Å². The van der Waals surface area contributed by atoms with Gasteiger partial charge in [0.1, 0.15) is 23.0 Å². The number of rotatable bonds is 2. The van der Waals surface area contributed by atoms with Crippen molar-refractivity contribution in [2.45, 2.75) is 0 Å². The van der Waals surface area contributed by atoms with Gasteiger partial charge in [-0.25, -0.2) is 4.98 Å². The molecule has 1 aromatic carbocycles. The Morgan fingerprint density at radius 2 is 2.11 bits per heavy atom. The number of nitrogens with zero attached hydrogens (tertiary/aromatic N) is 4. The summed E-state index contributed by atoms with van der Waals surface area (Å²) < 4.78 is 5.46. The van der Waals surface area contributed by atoms with Crippen LogP contribution in [0, 0.1) is 11.3 Å². The Hall–Kier alpha value is -3.14. The molecule has 2 heterocycles. The van der Waals surface area contributed by atoms with Crippen molar-refractivity contribution in [2.24, 2.45) is 0 Å². The highest BCUT2D eigenvalue weighted by atomic mass is 16.4. The first-order valence-electron chi connectivity index (χ1n) is 5.41. The molecule has 0 bridgehead atoms. The lowest BCUT2D eigenvalue weighted by atomic mass is 10.3. The lowest BCUT2D eigenvalue weighted by molar-refractivity contribution is 0.621. The summed E-state index contributed by atoms with van der Waals surface area (Å²) in [4.78, 5) is 12.1. The Morgan fingerprint density at radius 3 is 2.84 bits per heavy atom. The van der Waals surface area contributed by atoms with Crippen molar-refractivity contribution in [1.82, 2.24) is 15.0 Å². The van der Waals surface area contributed by atoms with E-state index in [1.54, 1.807) is 0 Å². The van der Waals surface area contributed by atoms with Gasteiger partial charge in [0.15, 0.2) is 5.58 Å². The number of nitrogens with one attached hydrogen (secondary N) is 1. The molecule has 0 atom stereocenters. The number of fused-ring (bicyclic) bond motifs is 1. The van der Waals surface area contributed by atoms with E-state index in [0.29, 0.717) is 5.58 Å². The number of nitriles is 1. The molecule has 2 aromatic heterocycles. The quantitative estimate of drug-likeness (QED) is 0.714. The summed E-state index contributed by atoms with van der Waals surface area (Å²) in [5, 5.41) is 11.5. The SMILES string of the molecule is N#Cc1cnc(Nc2nc3ccccc3o2)nc1N. The van der Waals surface area contributed by atoms with E-state index in [2.05, 4.69) is 20.3 Å². The van der Waals surface area contributed by atoms with Crippen LogP contribution in [0.4, 0.5) is 17.8 Å². The van der Waals surface area contributed by atoms with E-state index in [1.807, 2.05) is 30.3 Å². The van der Waals surface area contributed by atoms with Crippen LogP contribution in [0.3, 0.4) is 0 Å². The monoisotopic (exact) mass is 252 g/mol. The van der Waals surface area contributed by atoms with Crippen LogP contribution >= 0.6 is 0 Å². The van der Waals surface area contributed by atoms with E-state index in [4.69, 9.17) is 15.4 Å². The lowest BCUT2D eigenvalue weighted by Crippen LogP contribution is -2.02. The maximum absolute atomic E-state index is 8.73. The predicted molar refractivity (Wildman–Crippen MR) is 68.5 cm³/mol. The average molecular weight is 252 g/mol. The van der Waals surface area contributed by atoms with Gasteiger partial charge in [0, 0.05) is 0 Å². The first-order chi connectivity index (χ1) is 9.26. The van der Waals surface area contributed by atoms with Gasteiger partial charge in [-0.1, -0.05) is 12.1 Å². The fourth-order valence-corrected chi connectivity index (χ4v) is 1.56. The maximum atomic E-state index is 8.73. The summed E-state index contributed by atoms with van der Waals surface area (Å²) in [5.41, 5.74) is 7.21. The Kier molecular flexibility index (Phi) is 2.47. The number of para-hydroxylation sites is 2.